The van der Waals surface area contributed by atoms with Crippen LogP contribution in [0.25, 0.3) is 5.57 Å². The Hall–Kier alpha value is -2.33. The third kappa shape index (κ3) is 3.95. The van der Waals surface area contributed by atoms with Gasteiger partial charge in [0.15, 0.2) is 0 Å². The van der Waals surface area contributed by atoms with E-state index in [1.165, 1.54) is 18.9 Å². The number of ether oxygens (including phenoxy) is 2. The van der Waals surface area contributed by atoms with Gasteiger partial charge in [0.25, 0.3) is 0 Å². The fourth-order valence-corrected chi connectivity index (χ4v) is 2.47. The quantitative estimate of drug-likeness (QED) is 0.783. The van der Waals surface area contributed by atoms with E-state index in [2.05, 4.69) is 6.58 Å². The predicted molar refractivity (Wildman–Crippen MR) is 91.8 cm³/mol. The molecule has 0 spiro atoms. The molecular formula is C20H21FO3. The maximum Gasteiger partial charge on any atom is 0.133 e. The van der Waals surface area contributed by atoms with Crippen LogP contribution in [0.4, 0.5) is 4.39 Å². The topological polar surface area (TPSA) is 38.7 Å². The normalized spacial score (nSPS) is 13.6. The van der Waals surface area contributed by atoms with Crippen LogP contribution < -0.4 is 9.47 Å². The maximum absolute atomic E-state index is 14.2. The number of hydrogen-bond acceptors (Lipinski definition) is 3. The summed E-state index contributed by atoms with van der Waals surface area (Å²) in [5, 5.41) is 9.34. The maximum atomic E-state index is 14.2. The monoisotopic (exact) mass is 328 g/mol. The molecule has 0 heterocycles. The fourth-order valence-electron chi connectivity index (χ4n) is 2.47. The van der Waals surface area contributed by atoms with Gasteiger partial charge in [0.1, 0.15) is 23.1 Å². The van der Waals surface area contributed by atoms with Gasteiger partial charge in [0.05, 0.1) is 13.2 Å². The van der Waals surface area contributed by atoms with Crippen LogP contribution in [0, 0.1) is 11.7 Å². The summed E-state index contributed by atoms with van der Waals surface area (Å²) in [6, 6.07) is 10.3. The number of aliphatic hydroxyl groups excluding tert-OH is 1. The van der Waals surface area contributed by atoms with E-state index in [1.807, 2.05) is 12.1 Å². The molecule has 2 aromatic carbocycles. The van der Waals surface area contributed by atoms with E-state index in [0.29, 0.717) is 28.6 Å². The van der Waals surface area contributed by atoms with Gasteiger partial charge in [0, 0.05) is 17.7 Å². The molecule has 1 aliphatic carbocycles. The summed E-state index contributed by atoms with van der Waals surface area (Å²) < 4.78 is 25.7. The minimum absolute atomic E-state index is 0.233. The first-order valence-electron chi connectivity index (χ1n) is 8.06. The van der Waals surface area contributed by atoms with Crippen LogP contribution in [-0.4, -0.2) is 11.7 Å². The lowest BCUT2D eigenvalue weighted by Gasteiger charge is -2.13. The zero-order valence-corrected chi connectivity index (χ0v) is 13.7. The van der Waals surface area contributed by atoms with Crippen molar-refractivity contribution in [3.8, 4) is 17.2 Å². The molecule has 0 amide bonds. The van der Waals surface area contributed by atoms with Gasteiger partial charge in [0.2, 0.25) is 0 Å². The Bertz CT molecular complexity index is 751. The van der Waals surface area contributed by atoms with Gasteiger partial charge in [-0.15, -0.1) is 0 Å². The van der Waals surface area contributed by atoms with Gasteiger partial charge < -0.3 is 14.6 Å². The number of hydrogen-bond donors (Lipinski definition) is 1. The summed E-state index contributed by atoms with van der Waals surface area (Å²) in [6.07, 6.45) is 2.46. The van der Waals surface area contributed by atoms with E-state index in [4.69, 9.17) is 9.47 Å². The summed E-state index contributed by atoms with van der Waals surface area (Å²) in [7, 11) is 0. The zero-order valence-electron chi connectivity index (χ0n) is 13.7. The summed E-state index contributed by atoms with van der Waals surface area (Å²) >= 11 is 0. The Morgan fingerprint density at radius 3 is 2.62 bits per heavy atom. The highest BCUT2D eigenvalue weighted by molar-refractivity contribution is 5.66. The molecule has 4 heteroatoms. The van der Waals surface area contributed by atoms with Crippen LogP contribution in [0.15, 0.2) is 43.0 Å². The van der Waals surface area contributed by atoms with Crippen LogP contribution in [0.5, 0.6) is 17.2 Å². The Labute approximate surface area is 141 Å². The molecule has 0 aliphatic heterocycles. The first-order chi connectivity index (χ1) is 11.6. The van der Waals surface area contributed by atoms with Gasteiger partial charge in [-0.05, 0) is 49.4 Å². The van der Waals surface area contributed by atoms with E-state index in [9.17, 15) is 9.50 Å². The average Bonchev–Trinajstić information content (AvgIpc) is 3.37. The number of allylic oxidation sites excluding steroid dienone is 1. The molecule has 0 radical (unpaired) electrons. The highest BCUT2D eigenvalue weighted by Crippen LogP contribution is 2.32. The van der Waals surface area contributed by atoms with Gasteiger partial charge in [-0.25, -0.2) is 4.39 Å². The second-order valence-corrected chi connectivity index (χ2v) is 6.20. The second-order valence-electron chi connectivity index (χ2n) is 6.20. The summed E-state index contributed by atoms with van der Waals surface area (Å²) in [5.41, 5.74) is 1.47. The van der Waals surface area contributed by atoms with E-state index in [-0.39, 0.29) is 12.2 Å². The van der Waals surface area contributed by atoms with E-state index in [1.54, 1.807) is 25.1 Å². The van der Waals surface area contributed by atoms with E-state index in [0.717, 1.165) is 12.4 Å². The number of benzene rings is 2. The third-order valence-electron chi connectivity index (χ3n) is 4.01. The summed E-state index contributed by atoms with van der Waals surface area (Å²) in [6.45, 7) is 5.95. The van der Waals surface area contributed by atoms with Crippen molar-refractivity contribution in [2.75, 3.05) is 6.61 Å². The molecule has 2 aromatic rings. The Balaban J connectivity index is 1.80. The lowest BCUT2D eigenvalue weighted by Crippen LogP contribution is -1.99. The smallest absolute Gasteiger partial charge is 0.133 e. The van der Waals surface area contributed by atoms with Crippen molar-refractivity contribution in [2.45, 2.75) is 26.4 Å². The van der Waals surface area contributed by atoms with E-state index >= 15 is 0 Å². The summed E-state index contributed by atoms with van der Waals surface area (Å²) in [5.74, 6) is 1.85. The molecule has 3 rings (SSSR count). The van der Waals surface area contributed by atoms with Crippen molar-refractivity contribution in [1.29, 1.82) is 0 Å². The van der Waals surface area contributed by atoms with Gasteiger partial charge >= 0.3 is 0 Å². The van der Waals surface area contributed by atoms with Crippen LogP contribution >= 0.6 is 0 Å². The molecule has 1 aliphatic rings. The SMILES string of the molecule is C=C(C)c1cc(Oc2cccc(OCC3CC3)c2)cc(F)c1CO. The van der Waals surface area contributed by atoms with Crippen molar-refractivity contribution in [1.82, 2.24) is 0 Å². The molecule has 1 fully saturated rings. The molecule has 0 unspecified atom stereocenters. The molecule has 0 saturated heterocycles. The van der Waals surface area contributed by atoms with Crippen molar-refractivity contribution >= 4 is 5.57 Å². The predicted octanol–water partition coefficient (Wildman–Crippen LogP) is 4.93. The molecule has 0 bridgehead atoms. The molecular weight excluding hydrogens is 307 g/mol. The van der Waals surface area contributed by atoms with Crippen molar-refractivity contribution in [3.63, 3.8) is 0 Å². The second kappa shape index (κ2) is 7.05. The molecule has 0 aromatic heterocycles. The lowest BCUT2D eigenvalue weighted by atomic mass is 10.0. The molecule has 24 heavy (non-hydrogen) atoms. The van der Waals surface area contributed by atoms with Crippen molar-refractivity contribution in [2.24, 2.45) is 5.92 Å². The molecule has 0 atom stereocenters. The molecule has 1 saturated carbocycles. The van der Waals surface area contributed by atoms with Gasteiger partial charge in [-0.3, -0.25) is 0 Å². The first kappa shape index (κ1) is 16.5. The molecule has 126 valence electrons. The lowest BCUT2D eigenvalue weighted by molar-refractivity contribution is 0.275. The van der Waals surface area contributed by atoms with E-state index < -0.39 is 5.82 Å². The summed E-state index contributed by atoms with van der Waals surface area (Å²) in [4.78, 5) is 0. The van der Waals surface area contributed by atoms with Gasteiger partial charge in [-0.1, -0.05) is 18.2 Å². The molecule has 3 nitrogen and oxygen atoms in total. The zero-order chi connectivity index (χ0) is 17.1. The third-order valence-corrected chi connectivity index (χ3v) is 4.01. The van der Waals surface area contributed by atoms with Crippen LogP contribution in [-0.2, 0) is 6.61 Å². The van der Waals surface area contributed by atoms with Crippen LogP contribution in [0.2, 0.25) is 0 Å². The minimum atomic E-state index is -0.505. The Morgan fingerprint density at radius 1 is 1.21 bits per heavy atom. The first-order valence-corrected chi connectivity index (χ1v) is 8.06. The highest BCUT2D eigenvalue weighted by Gasteiger charge is 2.22. The van der Waals surface area contributed by atoms with Crippen LogP contribution in [0.1, 0.15) is 30.9 Å². The van der Waals surface area contributed by atoms with Crippen molar-refractivity contribution < 1.29 is 19.0 Å². The Morgan fingerprint density at radius 2 is 1.96 bits per heavy atom. The van der Waals surface area contributed by atoms with Crippen molar-refractivity contribution in [3.05, 3.63) is 59.9 Å². The minimum Gasteiger partial charge on any atom is -0.493 e. The molecule has 1 N–H and O–H groups in total. The number of aliphatic hydroxyl groups is 1. The fraction of sp³-hybridized carbons (Fsp3) is 0.300. The van der Waals surface area contributed by atoms with Crippen LogP contribution in [0.3, 0.4) is 0 Å². The van der Waals surface area contributed by atoms with Gasteiger partial charge in [-0.2, -0.15) is 0 Å². The number of halogens is 1. The highest BCUT2D eigenvalue weighted by atomic mass is 19.1. The standard InChI is InChI=1S/C20H21FO3/c1-13(2)18-9-17(10-20(21)19(18)11-22)24-16-5-3-4-15(8-16)23-12-14-6-7-14/h3-5,8-10,14,22H,1,6-7,11-12H2,2H3. The Kier molecular flexibility index (Phi) is 4.86. The largest absolute Gasteiger partial charge is 0.493 e. The number of rotatable bonds is 7. The average molecular weight is 328 g/mol.